The molecule has 0 aliphatic carbocycles. The van der Waals surface area contributed by atoms with Gasteiger partial charge in [0.1, 0.15) is 5.82 Å². The van der Waals surface area contributed by atoms with Crippen LogP contribution in [-0.2, 0) is 5.33 Å². The molecular formula is C13H7BrCl3F. The van der Waals surface area contributed by atoms with Gasteiger partial charge in [0.2, 0.25) is 0 Å². The van der Waals surface area contributed by atoms with Crippen molar-refractivity contribution in [2.24, 2.45) is 0 Å². The monoisotopic (exact) mass is 366 g/mol. The molecule has 0 nitrogen and oxygen atoms in total. The molecule has 0 spiro atoms. The number of hydrogen-bond acceptors (Lipinski definition) is 0. The van der Waals surface area contributed by atoms with Gasteiger partial charge >= 0.3 is 0 Å². The van der Waals surface area contributed by atoms with Crippen LogP contribution in [0.3, 0.4) is 0 Å². The summed E-state index contributed by atoms with van der Waals surface area (Å²) >= 11 is 21.3. The Morgan fingerprint density at radius 3 is 2.28 bits per heavy atom. The SMILES string of the molecule is Fc1cccc(-c2cc(Cl)c(Cl)cc2Cl)c1CBr. The third-order valence-electron chi connectivity index (χ3n) is 2.55. The van der Waals surface area contributed by atoms with Crippen LogP contribution in [0.2, 0.25) is 15.1 Å². The van der Waals surface area contributed by atoms with Crippen LogP contribution in [0, 0.1) is 5.82 Å². The molecule has 0 saturated heterocycles. The van der Waals surface area contributed by atoms with Gasteiger partial charge in [-0.15, -0.1) is 0 Å². The summed E-state index contributed by atoms with van der Waals surface area (Å²) in [6, 6.07) is 8.04. The molecule has 0 unspecified atom stereocenters. The normalized spacial score (nSPS) is 10.7. The molecule has 0 aliphatic rings. The van der Waals surface area contributed by atoms with Crippen molar-refractivity contribution in [3.05, 3.63) is 56.8 Å². The van der Waals surface area contributed by atoms with Gasteiger partial charge in [0.25, 0.3) is 0 Å². The lowest BCUT2D eigenvalue weighted by Gasteiger charge is -2.11. The lowest BCUT2D eigenvalue weighted by Crippen LogP contribution is -1.92. The number of halogens is 5. The molecule has 0 radical (unpaired) electrons. The van der Waals surface area contributed by atoms with Gasteiger partial charge in [-0.1, -0.05) is 62.9 Å². The average Bonchev–Trinajstić information content (AvgIpc) is 2.33. The summed E-state index contributed by atoms with van der Waals surface area (Å²) in [5.74, 6) is -0.286. The largest absolute Gasteiger partial charge is 0.207 e. The fraction of sp³-hybridized carbons (Fsp3) is 0.0769. The van der Waals surface area contributed by atoms with Crippen molar-refractivity contribution in [2.75, 3.05) is 0 Å². The predicted molar refractivity (Wildman–Crippen MR) is 79.5 cm³/mol. The van der Waals surface area contributed by atoms with Gasteiger partial charge in [-0.25, -0.2) is 4.39 Å². The molecule has 0 heterocycles. The molecule has 0 fully saturated rings. The number of benzene rings is 2. The van der Waals surface area contributed by atoms with E-state index in [1.165, 1.54) is 6.07 Å². The van der Waals surface area contributed by atoms with Crippen LogP contribution in [0.5, 0.6) is 0 Å². The highest BCUT2D eigenvalue weighted by atomic mass is 79.9. The zero-order valence-corrected chi connectivity index (χ0v) is 12.8. The summed E-state index contributed by atoms with van der Waals surface area (Å²) in [5.41, 5.74) is 1.91. The Morgan fingerprint density at radius 2 is 1.61 bits per heavy atom. The second-order valence-corrected chi connectivity index (χ2v) is 5.43. The van der Waals surface area contributed by atoms with Crippen molar-refractivity contribution in [2.45, 2.75) is 5.33 Å². The molecule has 0 N–H and O–H groups in total. The van der Waals surface area contributed by atoms with Crippen LogP contribution in [0.25, 0.3) is 11.1 Å². The highest BCUT2D eigenvalue weighted by Gasteiger charge is 2.13. The van der Waals surface area contributed by atoms with Gasteiger partial charge in [0.05, 0.1) is 10.0 Å². The second kappa shape index (κ2) is 5.79. The third-order valence-corrected chi connectivity index (χ3v) is 4.15. The zero-order valence-electron chi connectivity index (χ0n) is 8.98. The molecule has 2 rings (SSSR count). The molecule has 5 heteroatoms. The van der Waals surface area contributed by atoms with E-state index in [0.29, 0.717) is 37.1 Å². The molecule has 0 bridgehead atoms. The summed E-state index contributed by atoms with van der Waals surface area (Å²) in [6.07, 6.45) is 0. The van der Waals surface area contributed by atoms with E-state index >= 15 is 0 Å². The lowest BCUT2D eigenvalue weighted by molar-refractivity contribution is 0.618. The summed E-state index contributed by atoms with van der Waals surface area (Å²) in [6.45, 7) is 0. The standard InChI is InChI=1S/C13H7BrCl3F/c14-6-9-7(2-1-3-13(9)18)8-4-11(16)12(17)5-10(8)15/h1-5H,6H2. The minimum Gasteiger partial charge on any atom is -0.207 e. The first-order valence-corrected chi connectivity index (χ1v) is 7.28. The van der Waals surface area contributed by atoms with E-state index < -0.39 is 0 Å². The Kier molecular flexibility index (Phi) is 4.54. The molecular weight excluding hydrogens is 361 g/mol. The summed E-state index contributed by atoms with van der Waals surface area (Å²) < 4.78 is 13.7. The van der Waals surface area contributed by atoms with Crippen molar-refractivity contribution in [3.63, 3.8) is 0 Å². The van der Waals surface area contributed by atoms with E-state index in [0.717, 1.165) is 0 Å². The average molecular weight is 368 g/mol. The Labute approximate surface area is 128 Å². The summed E-state index contributed by atoms with van der Waals surface area (Å²) in [5, 5.41) is 1.60. The first-order valence-electron chi connectivity index (χ1n) is 5.03. The Hall–Kier alpha value is -0.280. The molecule has 0 aromatic heterocycles. The van der Waals surface area contributed by atoms with E-state index in [-0.39, 0.29) is 5.82 Å². The Balaban J connectivity index is 2.69. The smallest absolute Gasteiger partial charge is 0.127 e. The van der Waals surface area contributed by atoms with Gasteiger partial charge in [0.15, 0.2) is 0 Å². The van der Waals surface area contributed by atoms with Crippen molar-refractivity contribution in [3.8, 4) is 11.1 Å². The van der Waals surface area contributed by atoms with Gasteiger partial charge < -0.3 is 0 Å². The van der Waals surface area contributed by atoms with Crippen LogP contribution in [-0.4, -0.2) is 0 Å². The van der Waals surface area contributed by atoms with Crippen LogP contribution in [0.4, 0.5) is 4.39 Å². The zero-order chi connectivity index (χ0) is 13.3. The van der Waals surface area contributed by atoms with Gasteiger partial charge in [-0.2, -0.15) is 0 Å². The van der Waals surface area contributed by atoms with Gasteiger partial charge in [-0.05, 0) is 23.8 Å². The summed E-state index contributed by atoms with van der Waals surface area (Å²) in [4.78, 5) is 0. The van der Waals surface area contributed by atoms with Crippen LogP contribution < -0.4 is 0 Å². The topological polar surface area (TPSA) is 0 Å². The molecule has 2 aromatic carbocycles. The molecule has 0 amide bonds. The fourth-order valence-corrected chi connectivity index (χ4v) is 2.89. The van der Waals surface area contributed by atoms with Crippen LogP contribution >= 0.6 is 50.7 Å². The molecule has 94 valence electrons. The predicted octanol–water partition coefficient (Wildman–Crippen LogP) is 6.35. The summed E-state index contributed by atoms with van der Waals surface area (Å²) in [7, 11) is 0. The highest BCUT2D eigenvalue weighted by molar-refractivity contribution is 9.08. The number of alkyl halides is 1. The van der Waals surface area contributed by atoms with E-state index in [1.54, 1.807) is 24.3 Å². The fourth-order valence-electron chi connectivity index (χ4n) is 1.68. The Bertz CT molecular complexity index is 599. The minimum atomic E-state index is -0.286. The van der Waals surface area contributed by atoms with Crippen molar-refractivity contribution in [1.82, 2.24) is 0 Å². The van der Waals surface area contributed by atoms with Gasteiger partial charge in [-0.3, -0.25) is 0 Å². The third kappa shape index (κ3) is 2.67. The quantitative estimate of drug-likeness (QED) is 0.428. The first kappa shape index (κ1) is 14.1. The maximum absolute atomic E-state index is 13.7. The lowest BCUT2D eigenvalue weighted by atomic mass is 10.0. The second-order valence-electron chi connectivity index (χ2n) is 3.65. The van der Waals surface area contributed by atoms with E-state index in [9.17, 15) is 4.39 Å². The minimum absolute atomic E-state index is 0.286. The maximum atomic E-state index is 13.7. The van der Waals surface area contributed by atoms with Crippen LogP contribution in [0.15, 0.2) is 30.3 Å². The van der Waals surface area contributed by atoms with E-state index in [2.05, 4.69) is 15.9 Å². The van der Waals surface area contributed by atoms with Gasteiger partial charge in [0, 0.05) is 21.5 Å². The van der Waals surface area contributed by atoms with E-state index in [4.69, 9.17) is 34.8 Å². The molecule has 18 heavy (non-hydrogen) atoms. The number of rotatable bonds is 2. The van der Waals surface area contributed by atoms with Crippen molar-refractivity contribution < 1.29 is 4.39 Å². The molecule has 2 aromatic rings. The van der Waals surface area contributed by atoms with E-state index in [1.807, 2.05) is 0 Å². The maximum Gasteiger partial charge on any atom is 0.127 e. The van der Waals surface area contributed by atoms with Crippen molar-refractivity contribution in [1.29, 1.82) is 0 Å². The Morgan fingerprint density at radius 1 is 0.944 bits per heavy atom. The first-order chi connectivity index (χ1) is 8.54. The highest BCUT2D eigenvalue weighted by Crippen LogP contribution is 2.37. The van der Waals surface area contributed by atoms with Crippen LogP contribution in [0.1, 0.15) is 5.56 Å². The number of hydrogen-bond donors (Lipinski definition) is 0. The molecule has 0 aliphatic heterocycles. The molecule has 0 atom stereocenters. The van der Waals surface area contributed by atoms with Crippen molar-refractivity contribution >= 4 is 50.7 Å². The molecule has 0 saturated carbocycles.